The molecule has 0 unspecified atom stereocenters. The van der Waals surface area contributed by atoms with Gasteiger partial charge < -0.3 is 20.4 Å². The second-order valence-corrected chi connectivity index (χ2v) is 5.36. The second kappa shape index (κ2) is 7.15. The van der Waals surface area contributed by atoms with Crippen LogP contribution in [0.5, 0.6) is 0 Å². The second-order valence-electron chi connectivity index (χ2n) is 5.36. The van der Waals surface area contributed by atoms with Gasteiger partial charge in [-0.15, -0.1) is 0 Å². The molecule has 1 aliphatic heterocycles. The summed E-state index contributed by atoms with van der Waals surface area (Å²) in [5.41, 5.74) is 6.92. The minimum atomic E-state index is -0.00469. The number of rotatable bonds is 3. The molecule has 22 heavy (non-hydrogen) atoms. The van der Waals surface area contributed by atoms with Gasteiger partial charge in [0.2, 0.25) is 0 Å². The highest BCUT2D eigenvalue weighted by atomic mass is 16.2. The van der Waals surface area contributed by atoms with Crippen LogP contribution >= 0.6 is 0 Å². The smallest absolute Gasteiger partial charge is 0.320 e. The van der Waals surface area contributed by atoms with Crippen LogP contribution in [-0.4, -0.2) is 65.9 Å². The summed E-state index contributed by atoms with van der Waals surface area (Å²) in [7, 11) is 0. The van der Waals surface area contributed by atoms with Crippen LogP contribution in [0.1, 0.15) is 24.2 Å². The Balaban J connectivity index is 1.93. The first-order chi connectivity index (χ1) is 10.6. The molecule has 0 aliphatic carbocycles. The van der Waals surface area contributed by atoms with Gasteiger partial charge in [0.25, 0.3) is 5.91 Å². The molecule has 1 heterocycles. The fourth-order valence-electron chi connectivity index (χ4n) is 2.60. The third kappa shape index (κ3) is 3.50. The van der Waals surface area contributed by atoms with Crippen LogP contribution in [0, 0.1) is 0 Å². The maximum Gasteiger partial charge on any atom is 0.320 e. The third-order valence-corrected chi connectivity index (χ3v) is 4.03. The van der Waals surface area contributed by atoms with E-state index in [0.717, 1.165) is 0 Å². The van der Waals surface area contributed by atoms with Gasteiger partial charge in [0.1, 0.15) is 0 Å². The number of nitrogen functional groups attached to an aromatic ring is 1. The summed E-state index contributed by atoms with van der Waals surface area (Å²) in [4.78, 5) is 30.1. The molecule has 2 N–H and O–H groups in total. The van der Waals surface area contributed by atoms with Crippen molar-refractivity contribution in [3.05, 3.63) is 29.8 Å². The van der Waals surface area contributed by atoms with Crippen LogP contribution in [0.4, 0.5) is 10.5 Å². The zero-order valence-electron chi connectivity index (χ0n) is 13.3. The lowest BCUT2D eigenvalue weighted by Gasteiger charge is -2.37. The third-order valence-electron chi connectivity index (χ3n) is 4.03. The van der Waals surface area contributed by atoms with Gasteiger partial charge >= 0.3 is 6.03 Å². The molecular formula is C16H24N4O2. The molecule has 6 heteroatoms. The Kier molecular flexibility index (Phi) is 5.25. The van der Waals surface area contributed by atoms with Crippen LogP contribution < -0.4 is 5.73 Å². The first-order valence-corrected chi connectivity index (χ1v) is 7.75. The molecular weight excluding hydrogens is 280 g/mol. The lowest BCUT2D eigenvalue weighted by molar-refractivity contribution is 0.0641. The first-order valence-electron chi connectivity index (χ1n) is 7.75. The number of piperazine rings is 1. The molecule has 0 atom stereocenters. The van der Waals surface area contributed by atoms with Crippen LogP contribution in [0.3, 0.4) is 0 Å². The highest BCUT2D eigenvalue weighted by Crippen LogP contribution is 2.12. The molecule has 0 radical (unpaired) electrons. The largest absolute Gasteiger partial charge is 0.399 e. The van der Waals surface area contributed by atoms with E-state index >= 15 is 0 Å². The highest BCUT2D eigenvalue weighted by molar-refractivity contribution is 5.94. The number of nitrogens with zero attached hydrogens (tertiary/aromatic N) is 3. The van der Waals surface area contributed by atoms with Crippen LogP contribution in [-0.2, 0) is 0 Å². The quantitative estimate of drug-likeness (QED) is 0.860. The molecule has 3 amide bonds. The van der Waals surface area contributed by atoms with Crippen LogP contribution in [0.25, 0.3) is 0 Å². The van der Waals surface area contributed by atoms with E-state index < -0.39 is 0 Å². The van der Waals surface area contributed by atoms with Crippen molar-refractivity contribution in [3.63, 3.8) is 0 Å². The number of urea groups is 1. The molecule has 0 spiro atoms. The standard InChI is InChI=1S/C16H24N4O2/c1-3-18(4-2)16(22)20-11-9-19(10-12-20)15(21)13-5-7-14(17)8-6-13/h5-8H,3-4,9-12,17H2,1-2H3. The minimum Gasteiger partial charge on any atom is -0.399 e. The summed E-state index contributed by atoms with van der Waals surface area (Å²) in [5, 5.41) is 0. The Bertz CT molecular complexity index is 517. The monoisotopic (exact) mass is 304 g/mol. The summed E-state index contributed by atoms with van der Waals surface area (Å²) >= 11 is 0. The maximum absolute atomic E-state index is 12.4. The first kappa shape index (κ1) is 16.1. The Morgan fingerprint density at radius 2 is 1.50 bits per heavy atom. The fraction of sp³-hybridized carbons (Fsp3) is 0.500. The van der Waals surface area contributed by atoms with Gasteiger partial charge in [-0.3, -0.25) is 4.79 Å². The number of benzene rings is 1. The topological polar surface area (TPSA) is 69.9 Å². The minimum absolute atomic E-state index is 0.00469. The van der Waals surface area contributed by atoms with E-state index in [2.05, 4.69) is 0 Å². The maximum atomic E-state index is 12.4. The molecule has 1 fully saturated rings. The lowest BCUT2D eigenvalue weighted by Crippen LogP contribution is -2.54. The van der Waals surface area contributed by atoms with Gasteiger partial charge in [0, 0.05) is 50.5 Å². The van der Waals surface area contributed by atoms with Gasteiger partial charge in [0.15, 0.2) is 0 Å². The number of amides is 3. The normalized spacial score (nSPS) is 14.8. The zero-order chi connectivity index (χ0) is 16.1. The summed E-state index contributed by atoms with van der Waals surface area (Å²) < 4.78 is 0. The Labute approximate surface area is 131 Å². The van der Waals surface area contributed by atoms with E-state index in [1.165, 1.54) is 0 Å². The molecule has 1 aromatic carbocycles. The molecule has 1 aromatic rings. The van der Waals surface area contributed by atoms with E-state index in [0.29, 0.717) is 50.5 Å². The number of hydrogen-bond acceptors (Lipinski definition) is 3. The Morgan fingerprint density at radius 3 is 2.00 bits per heavy atom. The molecule has 2 rings (SSSR count). The van der Waals surface area contributed by atoms with Crippen LogP contribution in [0.15, 0.2) is 24.3 Å². The van der Waals surface area contributed by atoms with Crippen molar-refractivity contribution in [2.75, 3.05) is 45.0 Å². The summed E-state index contributed by atoms with van der Waals surface area (Å²) in [6, 6.07) is 7.00. The van der Waals surface area contributed by atoms with E-state index in [1.807, 2.05) is 18.7 Å². The molecule has 0 aromatic heterocycles. The summed E-state index contributed by atoms with van der Waals surface area (Å²) in [6.07, 6.45) is 0. The van der Waals surface area contributed by atoms with Gasteiger partial charge in [-0.05, 0) is 38.1 Å². The molecule has 0 bridgehead atoms. The lowest BCUT2D eigenvalue weighted by atomic mass is 10.1. The van der Waals surface area contributed by atoms with E-state index in [1.54, 1.807) is 34.1 Å². The Hall–Kier alpha value is -2.24. The van der Waals surface area contributed by atoms with Gasteiger partial charge in [0.05, 0.1) is 0 Å². The summed E-state index contributed by atoms with van der Waals surface area (Å²) in [5.74, 6) is -0.00469. The molecule has 120 valence electrons. The predicted molar refractivity (Wildman–Crippen MR) is 86.6 cm³/mol. The molecule has 1 aliphatic rings. The summed E-state index contributed by atoms with van der Waals surface area (Å²) in [6.45, 7) is 7.66. The number of nitrogens with two attached hydrogens (primary N) is 1. The molecule has 1 saturated heterocycles. The zero-order valence-corrected chi connectivity index (χ0v) is 13.3. The van der Waals surface area contributed by atoms with Crippen molar-refractivity contribution in [2.24, 2.45) is 0 Å². The number of anilines is 1. The highest BCUT2D eigenvalue weighted by Gasteiger charge is 2.26. The predicted octanol–water partition coefficient (Wildman–Crippen LogP) is 1.49. The van der Waals surface area contributed by atoms with Gasteiger partial charge in [-0.2, -0.15) is 0 Å². The van der Waals surface area contributed by atoms with Gasteiger partial charge in [-0.1, -0.05) is 0 Å². The van der Waals surface area contributed by atoms with E-state index in [4.69, 9.17) is 5.73 Å². The fourth-order valence-corrected chi connectivity index (χ4v) is 2.60. The average Bonchev–Trinajstić information content (AvgIpc) is 2.56. The van der Waals surface area contributed by atoms with Crippen molar-refractivity contribution in [2.45, 2.75) is 13.8 Å². The van der Waals surface area contributed by atoms with Crippen molar-refractivity contribution < 1.29 is 9.59 Å². The van der Waals surface area contributed by atoms with E-state index in [9.17, 15) is 9.59 Å². The van der Waals surface area contributed by atoms with Crippen molar-refractivity contribution >= 4 is 17.6 Å². The molecule has 6 nitrogen and oxygen atoms in total. The van der Waals surface area contributed by atoms with Crippen molar-refractivity contribution in [1.82, 2.24) is 14.7 Å². The van der Waals surface area contributed by atoms with Crippen LogP contribution in [0.2, 0.25) is 0 Å². The SMILES string of the molecule is CCN(CC)C(=O)N1CCN(C(=O)c2ccc(N)cc2)CC1. The van der Waals surface area contributed by atoms with Crippen molar-refractivity contribution in [1.29, 1.82) is 0 Å². The molecule has 0 saturated carbocycles. The average molecular weight is 304 g/mol. The number of carbonyl (C=O) groups excluding carboxylic acids is 2. The van der Waals surface area contributed by atoms with Gasteiger partial charge in [-0.25, -0.2) is 4.79 Å². The number of hydrogen-bond donors (Lipinski definition) is 1. The number of carbonyl (C=O) groups is 2. The Morgan fingerprint density at radius 1 is 1.00 bits per heavy atom. The van der Waals surface area contributed by atoms with E-state index in [-0.39, 0.29) is 11.9 Å². The van der Waals surface area contributed by atoms with Crippen molar-refractivity contribution in [3.8, 4) is 0 Å².